The minimum Gasteiger partial charge on any atom is -0.477 e. The van der Waals surface area contributed by atoms with E-state index in [1.807, 2.05) is 4.90 Å². The van der Waals surface area contributed by atoms with Gasteiger partial charge in [-0.15, -0.1) is 0 Å². The summed E-state index contributed by atoms with van der Waals surface area (Å²) >= 11 is 5.99. The fourth-order valence-corrected chi connectivity index (χ4v) is 3.90. The molecule has 3 aromatic rings. The number of carbonyl (C=O) groups is 1. The van der Waals surface area contributed by atoms with Crippen LogP contribution in [0.25, 0.3) is 22.6 Å². The first-order valence-electron chi connectivity index (χ1n) is 9.79. The van der Waals surface area contributed by atoms with Crippen LogP contribution < -0.4 is 0 Å². The number of aromatic nitrogens is 3. The third-order valence-corrected chi connectivity index (χ3v) is 5.50. The lowest BCUT2D eigenvalue weighted by Gasteiger charge is -2.26. The standard InChI is InChI=1S/C20H17ClF4N4O4/c21-12-2-1-3-13(22)14(12)16-15(19(30)31)17(33-27-16)11-10-26-29(18(11)20(23,24)25)5-4-28-6-8-32-9-7-28/h1-3,10H,4-9H2,(H,30,31). The molecule has 8 nitrogen and oxygen atoms in total. The van der Waals surface area contributed by atoms with E-state index in [0.29, 0.717) is 26.3 Å². The number of hydrogen-bond acceptors (Lipinski definition) is 6. The molecule has 176 valence electrons. The average molecular weight is 489 g/mol. The molecule has 33 heavy (non-hydrogen) atoms. The maximum Gasteiger partial charge on any atom is 0.433 e. The van der Waals surface area contributed by atoms with Crippen molar-refractivity contribution < 1.29 is 36.7 Å². The first-order chi connectivity index (χ1) is 15.7. The first-order valence-corrected chi connectivity index (χ1v) is 10.2. The zero-order valence-electron chi connectivity index (χ0n) is 16.9. The van der Waals surface area contributed by atoms with Gasteiger partial charge in [0.25, 0.3) is 0 Å². The highest BCUT2D eigenvalue weighted by Crippen LogP contribution is 2.42. The van der Waals surface area contributed by atoms with Crippen LogP contribution in [0.1, 0.15) is 16.1 Å². The molecule has 0 amide bonds. The Labute approximate surface area is 189 Å². The van der Waals surface area contributed by atoms with Gasteiger partial charge in [0.2, 0.25) is 0 Å². The number of halogens is 5. The molecule has 0 unspecified atom stereocenters. The number of alkyl halides is 3. The molecule has 0 spiro atoms. The summed E-state index contributed by atoms with van der Waals surface area (Å²) in [5.74, 6) is -3.25. The molecule has 0 saturated carbocycles. The monoisotopic (exact) mass is 488 g/mol. The molecule has 2 aromatic heterocycles. The van der Waals surface area contributed by atoms with Gasteiger partial charge in [-0.25, -0.2) is 9.18 Å². The van der Waals surface area contributed by atoms with Crippen LogP contribution in [-0.2, 0) is 17.5 Å². The number of nitrogens with zero attached hydrogens (tertiary/aromatic N) is 4. The highest BCUT2D eigenvalue weighted by atomic mass is 35.5. The van der Waals surface area contributed by atoms with E-state index in [1.54, 1.807) is 0 Å². The molecule has 1 aliphatic heterocycles. The Morgan fingerprint density at radius 3 is 2.58 bits per heavy atom. The van der Waals surface area contributed by atoms with Gasteiger partial charge in [-0.3, -0.25) is 9.58 Å². The van der Waals surface area contributed by atoms with Gasteiger partial charge in [0.15, 0.2) is 11.5 Å². The van der Waals surface area contributed by atoms with Crippen molar-refractivity contribution >= 4 is 17.6 Å². The van der Waals surface area contributed by atoms with E-state index >= 15 is 0 Å². The predicted octanol–water partition coefficient (Wildman–Crippen LogP) is 4.05. The van der Waals surface area contributed by atoms with Crippen LogP contribution in [-0.4, -0.2) is 63.8 Å². The van der Waals surface area contributed by atoms with E-state index < -0.39 is 46.2 Å². The van der Waals surface area contributed by atoms with Gasteiger partial charge in [-0.2, -0.15) is 18.3 Å². The van der Waals surface area contributed by atoms with E-state index in [2.05, 4.69) is 10.3 Å². The molecule has 0 aliphatic carbocycles. The van der Waals surface area contributed by atoms with Gasteiger partial charge in [0, 0.05) is 19.6 Å². The fraction of sp³-hybridized carbons (Fsp3) is 0.350. The van der Waals surface area contributed by atoms with Crippen molar-refractivity contribution in [3.63, 3.8) is 0 Å². The van der Waals surface area contributed by atoms with E-state index in [4.69, 9.17) is 20.9 Å². The van der Waals surface area contributed by atoms with E-state index in [-0.39, 0.29) is 23.7 Å². The second-order valence-corrected chi connectivity index (χ2v) is 7.63. The van der Waals surface area contributed by atoms with Crippen molar-refractivity contribution in [2.75, 3.05) is 32.8 Å². The Morgan fingerprint density at radius 2 is 1.94 bits per heavy atom. The average Bonchev–Trinajstić information content (AvgIpc) is 3.37. The molecule has 0 radical (unpaired) electrons. The Kier molecular flexibility index (Phi) is 6.41. The Bertz CT molecular complexity index is 1150. The second-order valence-electron chi connectivity index (χ2n) is 7.22. The van der Waals surface area contributed by atoms with Crippen LogP contribution in [0.5, 0.6) is 0 Å². The molecule has 0 bridgehead atoms. The summed E-state index contributed by atoms with van der Waals surface area (Å²) in [6.07, 6.45) is -4.02. The van der Waals surface area contributed by atoms with Crippen molar-refractivity contribution in [1.82, 2.24) is 19.8 Å². The molecular formula is C20H17ClF4N4O4. The number of ether oxygens (including phenoxy) is 1. The first kappa shape index (κ1) is 23.2. The SMILES string of the molecule is O=C(O)c1c(-c2c(F)cccc2Cl)noc1-c1cnn(CCN2CCOCC2)c1C(F)(F)F. The number of carboxylic acids is 1. The van der Waals surface area contributed by atoms with Crippen LogP contribution in [0.4, 0.5) is 17.6 Å². The summed E-state index contributed by atoms with van der Waals surface area (Å²) in [5, 5.41) is 16.9. The molecule has 1 aromatic carbocycles. The molecule has 1 N–H and O–H groups in total. The van der Waals surface area contributed by atoms with Crippen molar-refractivity contribution in [1.29, 1.82) is 0 Å². The zero-order chi connectivity index (χ0) is 23.8. The molecule has 1 aliphatic rings. The van der Waals surface area contributed by atoms with Crippen LogP contribution in [0.3, 0.4) is 0 Å². The number of benzene rings is 1. The summed E-state index contributed by atoms with van der Waals surface area (Å²) in [4.78, 5) is 13.9. The maximum absolute atomic E-state index is 14.4. The molecule has 3 heterocycles. The highest BCUT2D eigenvalue weighted by Gasteiger charge is 2.41. The third kappa shape index (κ3) is 4.59. The summed E-state index contributed by atoms with van der Waals surface area (Å²) < 4.78 is 67.4. The van der Waals surface area contributed by atoms with Gasteiger partial charge >= 0.3 is 12.1 Å². The van der Waals surface area contributed by atoms with Gasteiger partial charge in [-0.05, 0) is 12.1 Å². The minimum atomic E-state index is -4.88. The highest BCUT2D eigenvalue weighted by molar-refractivity contribution is 6.33. The normalized spacial score (nSPS) is 15.2. The van der Waals surface area contributed by atoms with E-state index in [0.717, 1.165) is 16.9 Å². The molecule has 0 atom stereocenters. The van der Waals surface area contributed by atoms with Crippen LogP contribution >= 0.6 is 11.6 Å². The van der Waals surface area contributed by atoms with Crippen molar-refractivity contribution in [2.24, 2.45) is 0 Å². The lowest BCUT2D eigenvalue weighted by atomic mass is 10.0. The number of hydrogen-bond donors (Lipinski definition) is 1. The van der Waals surface area contributed by atoms with Crippen LogP contribution in [0.15, 0.2) is 28.9 Å². The zero-order valence-corrected chi connectivity index (χ0v) is 17.7. The minimum absolute atomic E-state index is 0.0998. The summed E-state index contributed by atoms with van der Waals surface area (Å²) in [5.41, 5.74) is -3.47. The summed E-state index contributed by atoms with van der Waals surface area (Å²) in [7, 11) is 0. The molecule has 1 fully saturated rings. The molecule has 13 heteroatoms. The lowest BCUT2D eigenvalue weighted by molar-refractivity contribution is -0.144. The second kappa shape index (κ2) is 9.12. The number of morpholine rings is 1. The summed E-state index contributed by atoms with van der Waals surface area (Å²) in [6, 6.07) is 3.61. The Morgan fingerprint density at radius 1 is 1.21 bits per heavy atom. The van der Waals surface area contributed by atoms with Gasteiger partial charge < -0.3 is 14.4 Å². The predicted molar refractivity (Wildman–Crippen MR) is 107 cm³/mol. The molecule has 4 rings (SSSR count). The van der Waals surface area contributed by atoms with E-state index in [1.165, 1.54) is 12.1 Å². The maximum atomic E-state index is 14.4. The third-order valence-electron chi connectivity index (χ3n) is 5.19. The fourth-order valence-electron chi connectivity index (χ4n) is 3.65. The molecule has 1 saturated heterocycles. The van der Waals surface area contributed by atoms with Crippen LogP contribution in [0.2, 0.25) is 5.02 Å². The van der Waals surface area contributed by atoms with Crippen LogP contribution in [0, 0.1) is 5.82 Å². The lowest BCUT2D eigenvalue weighted by Crippen LogP contribution is -2.38. The number of carboxylic acid groups (broad SMARTS) is 1. The smallest absolute Gasteiger partial charge is 0.433 e. The van der Waals surface area contributed by atoms with Gasteiger partial charge in [0.1, 0.15) is 17.1 Å². The quantitative estimate of drug-likeness (QED) is 0.523. The topological polar surface area (TPSA) is 93.6 Å². The van der Waals surface area contributed by atoms with Crippen molar-refractivity contribution in [3.05, 3.63) is 46.5 Å². The van der Waals surface area contributed by atoms with Crippen molar-refractivity contribution in [2.45, 2.75) is 12.7 Å². The number of aromatic carboxylic acids is 1. The molecular weight excluding hydrogens is 472 g/mol. The van der Waals surface area contributed by atoms with E-state index in [9.17, 15) is 27.5 Å². The Balaban J connectivity index is 1.78. The van der Waals surface area contributed by atoms with Crippen molar-refractivity contribution in [3.8, 4) is 22.6 Å². The van der Waals surface area contributed by atoms with Gasteiger partial charge in [0.05, 0.1) is 42.1 Å². The number of rotatable bonds is 6. The summed E-state index contributed by atoms with van der Waals surface area (Å²) in [6.45, 7) is 2.31. The Hall–Kier alpha value is -2.96. The largest absolute Gasteiger partial charge is 0.477 e. The van der Waals surface area contributed by atoms with Gasteiger partial charge in [-0.1, -0.05) is 22.8 Å².